The average molecular weight is 269 g/mol. The fourth-order valence-electron chi connectivity index (χ4n) is 1.22. The summed E-state index contributed by atoms with van der Waals surface area (Å²) in [6.07, 6.45) is 1.83. The molecule has 0 unspecified atom stereocenters. The molecule has 2 rings (SSSR count). The van der Waals surface area contributed by atoms with Gasteiger partial charge in [-0.3, -0.25) is 0 Å². The molecule has 0 atom stereocenters. The Kier molecular flexibility index (Phi) is 2.93. The SMILES string of the molecule is SCc1ncc(-c2ccc(Br)cc2)[nH]1. The fourth-order valence-corrected chi connectivity index (χ4v) is 1.64. The molecule has 2 aromatic rings. The molecule has 2 nitrogen and oxygen atoms in total. The highest BCUT2D eigenvalue weighted by Gasteiger charge is 2.01. The van der Waals surface area contributed by atoms with E-state index < -0.39 is 0 Å². The van der Waals surface area contributed by atoms with Crippen LogP contribution in [-0.4, -0.2) is 9.97 Å². The van der Waals surface area contributed by atoms with Crippen LogP contribution in [0.1, 0.15) is 5.82 Å². The van der Waals surface area contributed by atoms with Gasteiger partial charge in [-0.15, -0.1) is 0 Å². The molecule has 0 aliphatic heterocycles. The first-order chi connectivity index (χ1) is 6.79. The van der Waals surface area contributed by atoms with E-state index in [9.17, 15) is 0 Å². The molecule has 0 radical (unpaired) electrons. The number of thiol groups is 1. The van der Waals surface area contributed by atoms with Gasteiger partial charge in [-0.2, -0.15) is 12.6 Å². The second-order valence-electron chi connectivity index (χ2n) is 2.91. The Morgan fingerprint density at radius 3 is 2.57 bits per heavy atom. The monoisotopic (exact) mass is 268 g/mol. The highest BCUT2D eigenvalue weighted by atomic mass is 79.9. The van der Waals surface area contributed by atoms with Gasteiger partial charge in [-0.1, -0.05) is 28.1 Å². The number of benzene rings is 1. The predicted molar refractivity (Wildman–Crippen MR) is 64.4 cm³/mol. The van der Waals surface area contributed by atoms with Crippen LogP contribution in [0.5, 0.6) is 0 Å². The number of nitrogens with one attached hydrogen (secondary N) is 1. The molecule has 4 heteroatoms. The number of aromatic nitrogens is 2. The lowest BCUT2D eigenvalue weighted by Gasteiger charge is -1.96. The van der Waals surface area contributed by atoms with Crippen molar-refractivity contribution in [3.63, 3.8) is 0 Å². The maximum Gasteiger partial charge on any atom is 0.116 e. The first-order valence-corrected chi connectivity index (χ1v) is 5.63. The third kappa shape index (κ3) is 2.01. The molecule has 0 aliphatic rings. The Balaban J connectivity index is 2.34. The Bertz CT molecular complexity index is 422. The van der Waals surface area contributed by atoms with E-state index in [1.807, 2.05) is 30.5 Å². The van der Waals surface area contributed by atoms with E-state index >= 15 is 0 Å². The van der Waals surface area contributed by atoms with Crippen molar-refractivity contribution in [2.45, 2.75) is 5.75 Å². The number of aromatic amines is 1. The number of imidazole rings is 1. The van der Waals surface area contributed by atoms with Crippen LogP contribution in [0.3, 0.4) is 0 Å². The first kappa shape index (κ1) is 9.80. The van der Waals surface area contributed by atoms with E-state index in [2.05, 4.69) is 38.5 Å². The standard InChI is InChI=1S/C10H9BrN2S/c11-8-3-1-7(2-4-8)9-5-12-10(6-14)13-9/h1-5,14H,6H2,(H,12,13). The molecule has 14 heavy (non-hydrogen) atoms. The number of halogens is 1. The van der Waals surface area contributed by atoms with Crippen LogP contribution in [0.25, 0.3) is 11.3 Å². The van der Waals surface area contributed by atoms with Gasteiger partial charge in [0, 0.05) is 10.2 Å². The summed E-state index contributed by atoms with van der Waals surface area (Å²) in [6.45, 7) is 0. The van der Waals surface area contributed by atoms with Crippen LogP contribution in [-0.2, 0) is 5.75 Å². The van der Waals surface area contributed by atoms with Crippen LogP contribution >= 0.6 is 28.6 Å². The topological polar surface area (TPSA) is 28.7 Å². The van der Waals surface area contributed by atoms with Crippen molar-refractivity contribution in [1.29, 1.82) is 0 Å². The Labute approximate surface area is 96.3 Å². The molecule has 0 amide bonds. The molecule has 0 saturated heterocycles. The lowest BCUT2D eigenvalue weighted by atomic mass is 10.2. The van der Waals surface area contributed by atoms with Crippen molar-refractivity contribution < 1.29 is 0 Å². The van der Waals surface area contributed by atoms with Gasteiger partial charge in [-0.05, 0) is 17.7 Å². The van der Waals surface area contributed by atoms with Crippen molar-refractivity contribution in [3.05, 3.63) is 40.8 Å². The van der Waals surface area contributed by atoms with Crippen LogP contribution in [0.2, 0.25) is 0 Å². The zero-order chi connectivity index (χ0) is 9.97. The van der Waals surface area contributed by atoms with Gasteiger partial charge in [0.05, 0.1) is 11.9 Å². The summed E-state index contributed by atoms with van der Waals surface area (Å²) in [5, 5.41) is 0. The third-order valence-electron chi connectivity index (χ3n) is 1.93. The second kappa shape index (κ2) is 4.19. The summed E-state index contributed by atoms with van der Waals surface area (Å²) < 4.78 is 1.08. The average Bonchev–Trinajstić information content (AvgIpc) is 2.67. The lowest BCUT2D eigenvalue weighted by molar-refractivity contribution is 1.13. The first-order valence-electron chi connectivity index (χ1n) is 4.20. The molecule has 1 aromatic carbocycles. The maximum atomic E-state index is 4.19. The Morgan fingerprint density at radius 2 is 2.00 bits per heavy atom. The minimum atomic E-state index is 0.635. The van der Waals surface area contributed by atoms with Gasteiger partial charge in [0.25, 0.3) is 0 Å². The van der Waals surface area contributed by atoms with E-state index in [0.717, 1.165) is 21.6 Å². The third-order valence-corrected chi connectivity index (χ3v) is 2.76. The molecule has 0 saturated carbocycles. The Hall–Kier alpha value is -0.740. The highest BCUT2D eigenvalue weighted by molar-refractivity contribution is 9.10. The number of rotatable bonds is 2. The van der Waals surface area contributed by atoms with Crippen LogP contribution in [0.4, 0.5) is 0 Å². The summed E-state index contributed by atoms with van der Waals surface area (Å²) in [5.41, 5.74) is 2.16. The van der Waals surface area contributed by atoms with Gasteiger partial charge in [0.2, 0.25) is 0 Å². The van der Waals surface area contributed by atoms with E-state index in [1.54, 1.807) is 0 Å². The van der Waals surface area contributed by atoms with Crippen molar-refractivity contribution >= 4 is 28.6 Å². The van der Waals surface area contributed by atoms with Crippen molar-refractivity contribution in [3.8, 4) is 11.3 Å². The van der Waals surface area contributed by atoms with E-state index in [1.165, 1.54) is 0 Å². The summed E-state index contributed by atoms with van der Waals surface area (Å²) >= 11 is 7.55. The number of hydrogen-bond donors (Lipinski definition) is 2. The number of H-pyrrole nitrogens is 1. The van der Waals surface area contributed by atoms with Crippen LogP contribution < -0.4 is 0 Å². The van der Waals surface area contributed by atoms with Gasteiger partial charge < -0.3 is 4.98 Å². The molecule has 0 fully saturated rings. The van der Waals surface area contributed by atoms with Crippen LogP contribution in [0, 0.1) is 0 Å². The summed E-state index contributed by atoms with van der Waals surface area (Å²) in [4.78, 5) is 7.39. The fraction of sp³-hybridized carbons (Fsp3) is 0.100. The van der Waals surface area contributed by atoms with Gasteiger partial charge in [-0.25, -0.2) is 4.98 Å². The number of hydrogen-bond acceptors (Lipinski definition) is 2. The summed E-state index contributed by atoms with van der Waals surface area (Å²) in [6, 6.07) is 8.10. The normalized spacial score (nSPS) is 10.4. The molecule has 1 aromatic heterocycles. The largest absolute Gasteiger partial charge is 0.341 e. The summed E-state index contributed by atoms with van der Waals surface area (Å²) in [7, 11) is 0. The molecule has 0 spiro atoms. The van der Waals surface area contributed by atoms with E-state index in [0.29, 0.717) is 5.75 Å². The smallest absolute Gasteiger partial charge is 0.116 e. The quantitative estimate of drug-likeness (QED) is 0.805. The summed E-state index contributed by atoms with van der Waals surface area (Å²) in [5.74, 6) is 1.53. The lowest BCUT2D eigenvalue weighted by Crippen LogP contribution is -1.80. The molecule has 72 valence electrons. The maximum absolute atomic E-state index is 4.19. The van der Waals surface area contributed by atoms with Gasteiger partial charge >= 0.3 is 0 Å². The van der Waals surface area contributed by atoms with Crippen molar-refractivity contribution in [1.82, 2.24) is 9.97 Å². The molecular weight excluding hydrogens is 260 g/mol. The minimum Gasteiger partial charge on any atom is -0.341 e. The van der Waals surface area contributed by atoms with Gasteiger partial charge in [0.15, 0.2) is 0 Å². The molecule has 0 bridgehead atoms. The molecule has 1 heterocycles. The second-order valence-corrected chi connectivity index (χ2v) is 4.14. The van der Waals surface area contributed by atoms with Crippen molar-refractivity contribution in [2.24, 2.45) is 0 Å². The predicted octanol–water partition coefficient (Wildman–Crippen LogP) is 3.27. The molecular formula is C10H9BrN2S. The zero-order valence-electron chi connectivity index (χ0n) is 7.37. The number of nitrogens with zero attached hydrogens (tertiary/aromatic N) is 1. The minimum absolute atomic E-state index is 0.635. The zero-order valence-corrected chi connectivity index (χ0v) is 9.85. The molecule has 1 N–H and O–H groups in total. The van der Waals surface area contributed by atoms with E-state index in [-0.39, 0.29) is 0 Å². The van der Waals surface area contributed by atoms with Crippen molar-refractivity contribution in [2.75, 3.05) is 0 Å². The Morgan fingerprint density at radius 1 is 1.29 bits per heavy atom. The van der Waals surface area contributed by atoms with E-state index in [4.69, 9.17) is 0 Å². The van der Waals surface area contributed by atoms with Gasteiger partial charge in [0.1, 0.15) is 5.82 Å². The highest BCUT2D eigenvalue weighted by Crippen LogP contribution is 2.20. The molecule has 0 aliphatic carbocycles. The van der Waals surface area contributed by atoms with Crippen LogP contribution in [0.15, 0.2) is 34.9 Å².